The van der Waals surface area contributed by atoms with Gasteiger partial charge in [-0.2, -0.15) is 0 Å². The molecular weight excluding hydrogens is 465 g/mol. The molecule has 3 aromatic rings. The van der Waals surface area contributed by atoms with Crippen molar-refractivity contribution in [2.75, 3.05) is 37.6 Å². The van der Waals surface area contributed by atoms with Crippen LogP contribution in [0.1, 0.15) is 37.8 Å². The van der Waals surface area contributed by atoms with Gasteiger partial charge < -0.3 is 14.4 Å². The van der Waals surface area contributed by atoms with Gasteiger partial charge in [-0.05, 0) is 62.2 Å². The van der Waals surface area contributed by atoms with Crippen LogP contribution in [0.4, 0.5) is 10.1 Å². The Hall–Kier alpha value is -2.71. The molecule has 0 atom stereocenters. The number of rotatable bonds is 7. The number of unbranched alkanes of at least 4 members (excludes halogenated alkanes) is 1. The number of hydrogen-bond donors (Lipinski definition) is 0. The van der Waals surface area contributed by atoms with Crippen molar-refractivity contribution in [3.8, 4) is 0 Å². The van der Waals surface area contributed by atoms with Crippen LogP contribution in [-0.2, 0) is 16.4 Å². The average molecular weight is 500 g/mol. The Kier molecular flexibility index (Phi) is 7.33. The van der Waals surface area contributed by atoms with Gasteiger partial charge in [-0.15, -0.1) is 0 Å². The van der Waals surface area contributed by atoms with Crippen molar-refractivity contribution in [1.29, 1.82) is 0 Å². The monoisotopic (exact) mass is 499 g/mol. The average Bonchev–Trinajstić information content (AvgIpc) is 2.83. The number of pyridine rings is 1. The molecule has 1 aliphatic heterocycles. The number of halogens is 1. The van der Waals surface area contributed by atoms with Crippen LogP contribution in [-0.4, -0.2) is 50.6 Å². The Labute approximate surface area is 206 Å². The maximum atomic E-state index is 15.4. The fourth-order valence-corrected chi connectivity index (χ4v) is 6.40. The summed E-state index contributed by atoms with van der Waals surface area (Å²) < 4.78 is 44.3. The molecular formula is C27H34FN3O3S. The minimum Gasteiger partial charge on any atom is -0.367 e. The number of aromatic nitrogens is 1. The summed E-state index contributed by atoms with van der Waals surface area (Å²) in [5, 5.41) is 0.0972. The zero-order valence-corrected chi connectivity index (χ0v) is 21.8. The summed E-state index contributed by atoms with van der Waals surface area (Å²) in [6, 6.07) is 7.97. The number of fused-ring (bicyclic) bond motifs is 1. The lowest BCUT2D eigenvalue weighted by Crippen LogP contribution is -2.46. The largest absolute Gasteiger partial charge is 0.367 e. The summed E-state index contributed by atoms with van der Waals surface area (Å²) >= 11 is 0. The molecule has 0 unspecified atom stereocenters. The number of hydrogen-bond acceptors (Lipinski definition) is 5. The molecule has 0 N–H and O–H groups in total. The number of nitrogens with zero attached hydrogens (tertiary/aromatic N) is 3. The van der Waals surface area contributed by atoms with Crippen molar-refractivity contribution >= 4 is 26.4 Å². The Morgan fingerprint density at radius 2 is 1.60 bits per heavy atom. The van der Waals surface area contributed by atoms with Crippen LogP contribution in [0.5, 0.6) is 0 Å². The number of aryl methyl sites for hydroxylation is 3. The van der Waals surface area contributed by atoms with Crippen molar-refractivity contribution in [3.05, 3.63) is 63.7 Å². The molecule has 0 amide bonds. The Morgan fingerprint density at radius 1 is 0.943 bits per heavy atom. The third kappa shape index (κ3) is 5.00. The van der Waals surface area contributed by atoms with Gasteiger partial charge >= 0.3 is 0 Å². The molecule has 1 aliphatic rings. The molecule has 2 heterocycles. The van der Waals surface area contributed by atoms with E-state index in [1.807, 2.05) is 24.8 Å². The van der Waals surface area contributed by atoms with E-state index in [0.717, 1.165) is 43.6 Å². The van der Waals surface area contributed by atoms with E-state index < -0.39 is 21.1 Å². The lowest BCUT2D eigenvalue weighted by atomic mass is 10.1. The molecule has 0 aliphatic carbocycles. The summed E-state index contributed by atoms with van der Waals surface area (Å²) in [7, 11) is -4.08. The standard InChI is InChI=1S/C27H34FN3O3S/c1-5-7-8-31-18-26(35(33,34)21-14-19(3)13-20(4)15-21)27(32)22-16-23(28)25(17-24(22)31)30-11-9-29(6-2)10-12-30/h13-18H,5-12H2,1-4H3. The molecule has 4 rings (SSSR count). The molecule has 0 bridgehead atoms. The minimum atomic E-state index is -4.08. The Bertz CT molecular complexity index is 1390. The minimum absolute atomic E-state index is 0.0828. The van der Waals surface area contributed by atoms with Gasteiger partial charge in [-0.1, -0.05) is 26.3 Å². The van der Waals surface area contributed by atoms with E-state index in [2.05, 4.69) is 18.7 Å². The SMILES string of the molecule is CCCCn1cc(S(=O)(=O)c2cc(C)cc(C)c2)c(=O)c2cc(F)c(N3CCN(CC)CC3)cc21. The zero-order chi connectivity index (χ0) is 25.3. The summed E-state index contributed by atoms with van der Waals surface area (Å²) in [5.41, 5.74) is 1.97. The van der Waals surface area contributed by atoms with Crippen LogP contribution >= 0.6 is 0 Å². The van der Waals surface area contributed by atoms with Gasteiger partial charge in [-0.3, -0.25) is 4.79 Å². The van der Waals surface area contributed by atoms with Crippen LogP contribution in [0, 0.1) is 19.7 Å². The maximum absolute atomic E-state index is 15.4. The third-order valence-electron chi connectivity index (χ3n) is 6.82. The van der Waals surface area contributed by atoms with E-state index in [0.29, 0.717) is 30.8 Å². The van der Waals surface area contributed by atoms with Gasteiger partial charge in [0.2, 0.25) is 15.3 Å². The van der Waals surface area contributed by atoms with E-state index in [9.17, 15) is 13.2 Å². The molecule has 0 spiro atoms. The first-order chi connectivity index (χ1) is 16.6. The second kappa shape index (κ2) is 10.1. The predicted octanol–water partition coefficient (Wildman–Crippen LogP) is 4.53. The summed E-state index contributed by atoms with van der Waals surface area (Å²) in [4.78, 5) is 17.6. The molecule has 35 heavy (non-hydrogen) atoms. The molecule has 1 saturated heterocycles. The van der Waals surface area contributed by atoms with Crippen molar-refractivity contribution in [2.45, 2.75) is 56.9 Å². The van der Waals surface area contributed by atoms with Crippen LogP contribution < -0.4 is 10.3 Å². The van der Waals surface area contributed by atoms with Gasteiger partial charge in [0, 0.05) is 38.9 Å². The first-order valence-electron chi connectivity index (χ1n) is 12.3. The van der Waals surface area contributed by atoms with Crippen molar-refractivity contribution < 1.29 is 12.8 Å². The quantitative estimate of drug-likeness (QED) is 0.478. The van der Waals surface area contributed by atoms with Crippen molar-refractivity contribution in [1.82, 2.24) is 9.47 Å². The molecule has 8 heteroatoms. The highest BCUT2D eigenvalue weighted by molar-refractivity contribution is 7.91. The first-order valence-corrected chi connectivity index (χ1v) is 13.8. The number of piperazine rings is 1. The fraction of sp³-hybridized carbons (Fsp3) is 0.444. The maximum Gasteiger partial charge on any atom is 0.211 e. The predicted molar refractivity (Wildman–Crippen MR) is 139 cm³/mol. The number of sulfone groups is 1. The zero-order valence-electron chi connectivity index (χ0n) is 21.0. The van der Waals surface area contributed by atoms with Crippen LogP contribution in [0.2, 0.25) is 0 Å². The molecule has 1 aromatic heterocycles. The van der Waals surface area contributed by atoms with E-state index in [1.54, 1.807) is 22.8 Å². The normalized spacial score (nSPS) is 15.2. The van der Waals surface area contributed by atoms with Gasteiger partial charge in [-0.25, -0.2) is 12.8 Å². The highest BCUT2D eigenvalue weighted by atomic mass is 32.2. The van der Waals surface area contributed by atoms with E-state index in [1.165, 1.54) is 12.3 Å². The molecule has 0 radical (unpaired) electrons. The van der Waals surface area contributed by atoms with Gasteiger partial charge in [0.25, 0.3) is 0 Å². The van der Waals surface area contributed by atoms with Crippen molar-refractivity contribution in [2.24, 2.45) is 0 Å². The lowest BCUT2D eigenvalue weighted by Gasteiger charge is -2.35. The van der Waals surface area contributed by atoms with Crippen molar-refractivity contribution in [3.63, 3.8) is 0 Å². The highest BCUT2D eigenvalue weighted by Crippen LogP contribution is 2.29. The van der Waals surface area contributed by atoms with E-state index in [4.69, 9.17) is 0 Å². The highest BCUT2D eigenvalue weighted by Gasteiger charge is 2.26. The number of benzene rings is 2. The molecule has 0 saturated carbocycles. The number of likely N-dealkylation sites (N-methyl/N-ethyl adjacent to an activating group) is 1. The smallest absolute Gasteiger partial charge is 0.211 e. The molecule has 6 nitrogen and oxygen atoms in total. The second-order valence-electron chi connectivity index (χ2n) is 9.44. The molecule has 1 fully saturated rings. The summed E-state index contributed by atoms with van der Waals surface area (Å²) in [6.45, 7) is 12.4. The lowest BCUT2D eigenvalue weighted by molar-refractivity contribution is 0.270. The topological polar surface area (TPSA) is 62.6 Å². The number of anilines is 1. The van der Waals surface area contributed by atoms with Gasteiger partial charge in [0.15, 0.2) is 0 Å². The fourth-order valence-electron chi connectivity index (χ4n) is 4.84. The molecule has 188 valence electrons. The van der Waals surface area contributed by atoms with Gasteiger partial charge in [0.05, 0.1) is 21.5 Å². The van der Waals surface area contributed by atoms with E-state index >= 15 is 4.39 Å². The van der Waals surface area contributed by atoms with Crippen LogP contribution in [0.3, 0.4) is 0 Å². The summed E-state index contributed by atoms with van der Waals surface area (Å²) in [6.07, 6.45) is 3.16. The van der Waals surface area contributed by atoms with Crippen LogP contribution in [0.25, 0.3) is 10.9 Å². The first kappa shape index (κ1) is 25.4. The Morgan fingerprint density at radius 3 is 2.20 bits per heavy atom. The van der Waals surface area contributed by atoms with Crippen LogP contribution in [0.15, 0.2) is 51.1 Å². The summed E-state index contributed by atoms with van der Waals surface area (Å²) in [5.74, 6) is -0.498. The third-order valence-corrected chi connectivity index (χ3v) is 8.55. The second-order valence-corrected chi connectivity index (χ2v) is 11.4. The van der Waals surface area contributed by atoms with E-state index in [-0.39, 0.29) is 15.2 Å². The molecule has 2 aromatic carbocycles. The Balaban J connectivity index is 1.89. The van der Waals surface area contributed by atoms with Gasteiger partial charge in [0.1, 0.15) is 10.7 Å².